The zero-order valence-electron chi connectivity index (χ0n) is 16.1. The maximum atomic E-state index is 5.99. The van der Waals surface area contributed by atoms with Crippen LogP contribution in [0.25, 0.3) is 0 Å². The minimum atomic E-state index is 0. The van der Waals surface area contributed by atoms with Crippen LogP contribution in [0, 0.1) is 13.8 Å². The largest absolute Gasteiger partial charge is 0.489 e. The Morgan fingerprint density at radius 2 is 1.96 bits per heavy atom. The summed E-state index contributed by atoms with van der Waals surface area (Å²) < 4.78 is 7.93. The average molecular weight is 472 g/mol. The van der Waals surface area contributed by atoms with Crippen molar-refractivity contribution in [2.75, 3.05) is 13.1 Å². The number of aryl methyl sites for hydroxylation is 2. The molecule has 1 heterocycles. The summed E-state index contributed by atoms with van der Waals surface area (Å²) in [5, 5.41) is 14.7. The molecular weight excluding hydrogens is 443 g/mol. The number of hydrogen-bond acceptors (Lipinski definition) is 4. The lowest BCUT2D eigenvalue weighted by Crippen LogP contribution is -2.41. The first kappa shape index (κ1) is 22.2. The summed E-state index contributed by atoms with van der Waals surface area (Å²) in [6, 6.07) is 8.03. The van der Waals surface area contributed by atoms with Crippen molar-refractivity contribution in [1.82, 2.24) is 25.4 Å². The summed E-state index contributed by atoms with van der Waals surface area (Å²) in [5.41, 5.74) is 1.13. The summed E-state index contributed by atoms with van der Waals surface area (Å²) in [6.45, 7) is 9.96. The molecule has 1 atom stereocenters. The molecule has 2 N–H and O–H groups in total. The van der Waals surface area contributed by atoms with E-state index in [-0.39, 0.29) is 30.1 Å². The van der Waals surface area contributed by atoms with E-state index in [1.165, 1.54) is 0 Å². The fourth-order valence-corrected chi connectivity index (χ4v) is 2.27. The molecule has 0 saturated carbocycles. The second kappa shape index (κ2) is 11.0. The number of aliphatic imine (C=N–C) groups is 1. The number of aromatic nitrogens is 3. The summed E-state index contributed by atoms with van der Waals surface area (Å²) >= 11 is 0. The Hall–Kier alpha value is -1.84. The van der Waals surface area contributed by atoms with Crippen LogP contribution >= 0.6 is 24.0 Å². The molecule has 0 fully saturated rings. The normalized spacial score (nSPS) is 12.3. The van der Waals surface area contributed by atoms with Gasteiger partial charge in [-0.2, -0.15) is 0 Å². The third-order valence-corrected chi connectivity index (χ3v) is 3.88. The van der Waals surface area contributed by atoms with Crippen LogP contribution in [0.5, 0.6) is 5.75 Å². The number of benzene rings is 1. The Labute approximate surface area is 172 Å². The van der Waals surface area contributed by atoms with Crippen LogP contribution in [0.2, 0.25) is 0 Å². The third kappa shape index (κ3) is 6.47. The van der Waals surface area contributed by atoms with Crippen molar-refractivity contribution in [3.63, 3.8) is 0 Å². The van der Waals surface area contributed by atoms with Crippen molar-refractivity contribution in [1.29, 1.82) is 0 Å². The van der Waals surface area contributed by atoms with Gasteiger partial charge in [0.1, 0.15) is 24.2 Å². The Bertz CT molecular complexity index is 715. The summed E-state index contributed by atoms with van der Waals surface area (Å²) in [7, 11) is 1.94. The molecular formula is C18H29IN6O. The van der Waals surface area contributed by atoms with Crippen LogP contribution in [0.4, 0.5) is 0 Å². The highest BCUT2D eigenvalue weighted by molar-refractivity contribution is 14.0. The maximum absolute atomic E-state index is 5.99. The molecule has 1 aromatic heterocycles. The Balaban J connectivity index is 0.00000338. The van der Waals surface area contributed by atoms with E-state index in [0.717, 1.165) is 35.5 Å². The molecule has 0 aliphatic rings. The molecule has 0 bridgehead atoms. The predicted octanol–water partition coefficient (Wildman–Crippen LogP) is 2.57. The molecule has 0 saturated heterocycles. The van der Waals surface area contributed by atoms with E-state index < -0.39 is 0 Å². The summed E-state index contributed by atoms with van der Waals surface area (Å²) in [6.07, 6.45) is 0.0158. The van der Waals surface area contributed by atoms with Gasteiger partial charge < -0.3 is 19.9 Å². The van der Waals surface area contributed by atoms with Crippen molar-refractivity contribution in [3.05, 3.63) is 41.5 Å². The fourth-order valence-electron chi connectivity index (χ4n) is 2.27. The number of nitrogens with one attached hydrogen (secondary N) is 2. The van der Waals surface area contributed by atoms with Crippen molar-refractivity contribution >= 4 is 29.9 Å². The minimum absolute atomic E-state index is 0. The predicted molar refractivity (Wildman–Crippen MR) is 115 cm³/mol. The van der Waals surface area contributed by atoms with Crippen molar-refractivity contribution in [3.8, 4) is 5.75 Å². The molecule has 26 heavy (non-hydrogen) atoms. The minimum Gasteiger partial charge on any atom is -0.489 e. The van der Waals surface area contributed by atoms with Crippen molar-refractivity contribution < 1.29 is 4.74 Å². The van der Waals surface area contributed by atoms with E-state index >= 15 is 0 Å². The van der Waals surface area contributed by atoms with Gasteiger partial charge >= 0.3 is 0 Å². The Morgan fingerprint density at radius 1 is 1.23 bits per heavy atom. The number of guanidine groups is 1. The summed E-state index contributed by atoms with van der Waals surface area (Å²) in [5.74, 6) is 3.36. The molecule has 1 aromatic carbocycles. The van der Waals surface area contributed by atoms with E-state index in [1.807, 2.05) is 63.6 Å². The molecule has 0 radical (unpaired) electrons. The number of ether oxygens (including phenoxy) is 1. The zero-order chi connectivity index (χ0) is 18.2. The smallest absolute Gasteiger partial charge is 0.191 e. The quantitative estimate of drug-likeness (QED) is 0.368. The van der Waals surface area contributed by atoms with Gasteiger partial charge in [0.2, 0.25) is 0 Å². The molecule has 0 amide bonds. The number of halogens is 1. The maximum Gasteiger partial charge on any atom is 0.191 e. The first-order chi connectivity index (χ1) is 12.0. The summed E-state index contributed by atoms with van der Waals surface area (Å²) in [4.78, 5) is 4.57. The van der Waals surface area contributed by atoms with Gasteiger partial charge in [0, 0.05) is 13.6 Å². The second-order valence-corrected chi connectivity index (χ2v) is 5.99. The first-order valence-corrected chi connectivity index (χ1v) is 8.60. The van der Waals surface area contributed by atoms with Gasteiger partial charge in [-0.3, -0.25) is 0 Å². The Kier molecular flexibility index (Phi) is 9.39. The van der Waals surface area contributed by atoms with Gasteiger partial charge in [0.15, 0.2) is 11.8 Å². The highest BCUT2D eigenvalue weighted by Gasteiger charge is 2.08. The molecule has 7 nitrogen and oxygen atoms in total. The zero-order valence-corrected chi connectivity index (χ0v) is 18.4. The van der Waals surface area contributed by atoms with Crippen molar-refractivity contribution in [2.45, 2.75) is 40.3 Å². The molecule has 2 aromatic rings. The number of nitrogens with zero attached hydrogens (tertiary/aromatic N) is 4. The van der Waals surface area contributed by atoms with Gasteiger partial charge in [-0.1, -0.05) is 18.2 Å². The van der Waals surface area contributed by atoms with Gasteiger partial charge in [-0.15, -0.1) is 34.2 Å². The highest BCUT2D eigenvalue weighted by atomic mass is 127. The molecule has 2 rings (SSSR count). The highest BCUT2D eigenvalue weighted by Crippen LogP contribution is 2.17. The van der Waals surface area contributed by atoms with Crippen LogP contribution in [0.1, 0.15) is 31.1 Å². The second-order valence-electron chi connectivity index (χ2n) is 5.99. The number of rotatable bonds is 7. The molecule has 8 heteroatoms. The van der Waals surface area contributed by atoms with E-state index in [9.17, 15) is 0 Å². The Morgan fingerprint density at radius 3 is 2.58 bits per heavy atom. The van der Waals surface area contributed by atoms with Crippen molar-refractivity contribution in [2.24, 2.45) is 12.0 Å². The van der Waals surface area contributed by atoms with Gasteiger partial charge in [0.05, 0.1) is 6.54 Å². The van der Waals surface area contributed by atoms with Gasteiger partial charge in [-0.05, 0) is 39.3 Å². The van der Waals surface area contributed by atoms with E-state index in [0.29, 0.717) is 13.1 Å². The molecule has 0 aliphatic carbocycles. The van der Waals surface area contributed by atoms with Crippen LogP contribution in [0.3, 0.4) is 0 Å². The van der Waals surface area contributed by atoms with Crippen LogP contribution in [-0.4, -0.2) is 39.9 Å². The fraction of sp³-hybridized carbons (Fsp3) is 0.500. The lowest BCUT2D eigenvalue weighted by molar-refractivity contribution is 0.222. The van der Waals surface area contributed by atoms with Crippen LogP contribution < -0.4 is 15.4 Å². The lowest BCUT2D eigenvalue weighted by Gasteiger charge is -2.18. The van der Waals surface area contributed by atoms with E-state index in [4.69, 9.17) is 4.74 Å². The topological polar surface area (TPSA) is 76.4 Å². The standard InChI is InChI=1S/C18H28N6O.HI/c1-6-19-18(21-12-17-23-22-15(4)24(17)5)20-11-14(3)25-16-10-8-7-9-13(16)2;/h7-10,14H,6,11-12H2,1-5H3,(H2,19,20,21);1H. The van der Waals surface area contributed by atoms with E-state index in [1.54, 1.807) is 0 Å². The first-order valence-electron chi connectivity index (χ1n) is 8.60. The molecule has 0 spiro atoms. The average Bonchev–Trinajstić information content (AvgIpc) is 2.91. The number of para-hydroxylation sites is 1. The third-order valence-electron chi connectivity index (χ3n) is 3.88. The SMILES string of the molecule is CCNC(=NCc1nnc(C)n1C)NCC(C)Oc1ccccc1C.I. The van der Waals surface area contributed by atoms with Crippen LogP contribution in [0.15, 0.2) is 29.3 Å². The van der Waals surface area contributed by atoms with Crippen LogP contribution in [-0.2, 0) is 13.6 Å². The monoisotopic (exact) mass is 472 g/mol. The molecule has 144 valence electrons. The molecule has 1 unspecified atom stereocenters. The van der Waals surface area contributed by atoms with E-state index in [2.05, 4.69) is 25.8 Å². The molecule has 0 aliphatic heterocycles. The van der Waals surface area contributed by atoms with Gasteiger partial charge in [-0.25, -0.2) is 4.99 Å². The lowest BCUT2D eigenvalue weighted by atomic mass is 10.2. The van der Waals surface area contributed by atoms with Gasteiger partial charge in [0.25, 0.3) is 0 Å². The number of hydrogen-bond donors (Lipinski definition) is 2.